The minimum absolute atomic E-state index is 0.0308. The average molecular weight is 306 g/mol. The fraction of sp³-hybridized carbons (Fsp3) is 0.278. The largest absolute Gasteiger partial charge is 0.325 e. The third-order valence-electron chi connectivity index (χ3n) is 4.01. The Morgan fingerprint density at radius 1 is 1.13 bits per heavy atom. The van der Waals surface area contributed by atoms with Crippen LogP contribution in [-0.4, -0.2) is 40.0 Å². The van der Waals surface area contributed by atoms with Crippen LogP contribution in [0, 0.1) is 11.8 Å². The minimum Gasteiger partial charge on any atom is -0.320 e. The maximum atomic E-state index is 12.3. The van der Waals surface area contributed by atoms with E-state index in [1.807, 2.05) is 45.2 Å². The number of likely N-dealkylation sites (N-methyl/N-ethyl adjacent to an activating group) is 1. The molecule has 0 N–H and O–H groups in total. The number of carbonyl (C=O) groups is 1. The molecule has 3 rings (SSSR count). The predicted molar refractivity (Wildman–Crippen MR) is 89.0 cm³/mol. The van der Waals surface area contributed by atoms with E-state index in [0.717, 1.165) is 11.1 Å². The van der Waals surface area contributed by atoms with Crippen molar-refractivity contribution in [2.24, 2.45) is 0 Å². The van der Waals surface area contributed by atoms with E-state index in [0.29, 0.717) is 12.4 Å². The van der Waals surface area contributed by atoms with Gasteiger partial charge in [-0.25, -0.2) is 9.78 Å². The molecular weight excluding hydrogens is 288 g/mol. The number of amides is 2. The van der Waals surface area contributed by atoms with Crippen molar-refractivity contribution in [3.63, 3.8) is 0 Å². The summed E-state index contributed by atoms with van der Waals surface area (Å²) < 4.78 is 0. The molecule has 0 radical (unpaired) electrons. The number of pyridine rings is 2. The lowest BCUT2D eigenvalue weighted by Crippen LogP contribution is -2.38. The van der Waals surface area contributed by atoms with E-state index in [1.54, 1.807) is 28.4 Å². The predicted octanol–water partition coefficient (Wildman–Crippen LogP) is 2.53. The monoisotopic (exact) mass is 306 g/mol. The van der Waals surface area contributed by atoms with Gasteiger partial charge in [-0.15, -0.1) is 0 Å². The first-order valence-corrected chi connectivity index (χ1v) is 7.41. The standard InChI is InChI=1S/C18H18N4O/c1-18(2)13-22(17(23)21(18)3)16-9-8-15(12-20-16)7-6-14-5-4-10-19-11-14/h4-5,8-12H,13H2,1-3H3. The third kappa shape index (κ3) is 3.02. The lowest BCUT2D eigenvalue weighted by molar-refractivity contribution is 0.198. The summed E-state index contributed by atoms with van der Waals surface area (Å²) in [6, 6.07) is 7.44. The van der Waals surface area contributed by atoms with Gasteiger partial charge in [-0.1, -0.05) is 11.8 Å². The Labute approximate surface area is 136 Å². The second-order valence-corrected chi connectivity index (χ2v) is 6.14. The fourth-order valence-electron chi connectivity index (χ4n) is 2.38. The van der Waals surface area contributed by atoms with E-state index in [1.165, 1.54) is 0 Å². The van der Waals surface area contributed by atoms with Crippen molar-refractivity contribution in [3.05, 3.63) is 54.0 Å². The van der Waals surface area contributed by atoms with E-state index < -0.39 is 0 Å². The molecule has 1 aliphatic rings. The molecule has 0 aromatic carbocycles. The Morgan fingerprint density at radius 3 is 2.39 bits per heavy atom. The normalized spacial score (nSPS) is 16.2. The number of urea groups is 1. The summed E-state index contributed by atoms with van der Waals surface area (Å²) >= 11 is 0. The molecule has 1 aliphatic heterocycles. The van der Waals surface area contributed by atoms with Gasteiger partial charge in [-0.05, 0) is 38.1 Å². The highest BCUT2D eigenvalue weighted by Crippen LogP contribution is 2.27. The zero-order chi connectivity index (χ0) is 16.4. The van der Waals surface area contributed by atoms with Crippen LogP contribution in [0.1, 0.15) is 25.0 Å². The van der Waals surface area contributed by atoms with Crippen molar-refractivity contribution < 1.29 is 4.79 Å². The van der Waals surface area contributed by atoms with Gasteiger partial charge < -0.3 is 4.90 Å². The maximum absolute atomic E-state index is 12.3. The van der Waals surface area contributed by atoms with E-state index in [4.69, 9.17) is 0 Å². The van der Waals surface area contributed by atoms with Crippen molar-refractivity contribution >= 4 is 11.8 Å². The first kappa shape index (κ1) is 15.0. The average Bonchev–Trinajstić information content (AvgIpc) is 2.78. The Kier molecular flexibility index (Phi) is 3.75. The second kappa shape index (κ2) is 5.73. The number of anilines is 1. The summed E-state index contributed by atoms with van der Waals surface area (Å²) in [4.78, 5) is 24.1. The number of aromatic nitrogens is 2. The van der Waals surface area contributed by atoms with E-state index in [9.17, 15) is 4.79 Å². The van der Waals surface area contributed by atoms with Gasteiger partial charge in [0.05, 0.1) is 12.1 Å². The molecule has 1 saturated heterocycles. The molecule has 5 heteroatoms. The van der Waals surface area contributed by atoms with E-state index in [2.05, 4.69) is 21.8 Å². The molecule has 0 saturated carbocycles. The minimum atomic E-state index is -0.197. The van der Waals surface area contributed by atoms with Crippen molar-refractivity contribution in [1.82, 2.24) is 14.9 Å². The van der Waals surface area contributed by atoms with Crippen LogP contribution in [0.3, 0.4) is 0 Å². The molecule has 116 valence electrons. The quantitative estimate of drug-likeness (QED) is 0.761. The molecular formula is C18H18N4O. The number of hydrogen-bond donors (Lipinski definition) is 0. The molecule has 5 nitrogen and oxygen atoms in total. The van der Waals surface area contributed by atoms with Gasteiger partial charge >= 0.3 is 6.03 Å². The number of rotatable bonds is 1. The highest BCUT2D eigenvalue weighted by molar-refractivity contribution is 5.94. The fourth-order valence-corrected chi connectivity index (χ4v) is 2.38. The molecule has 1 fully saturated rings. The summed E-state index contributed by atoms with van der Waals surface area (Å²) in [5.41, 5.74) is 1.46. The molecule has 3 heterocycles. The number of nitrogens with zero attached hydrogens (tertiary/aromatic N) is 4. The van der Waals surface area contributed by atoms with Gasteiger partial charge in [0.2, 0.25) is 0 Å². The third-order valence-corrected chi connectivity index (χ3v) is 4.01. The van der Waals surface area contributed by atoms with Crippen molar-refractivity contribution in [3.8, 4) is 11.8 Å². The Morgan fingerprint density at radius 2 is 1.87 bits per heavy atom. The molecule has 0 bridgehead atoms. The van der Waals surface area contributed by atoms with Gasteiger partial charge in [0.25, 0.3) is 0 Å². The zero-order valence-corrected chi connectivity index (χ0v) is 13.4. The van der Waals surface area contributed by atoms with Crippen LogP contribution in [0.2, 0.25) is 0 Å². The summed E-state index contributed by atoms with van der Waals surface area (Å²) in [6.07, 6.45) is 5.13. The van der Waals surface area contributed by atoms with Crippen molar-refractivity contribution in [1.29, 1.82) is 0 Å². The lowest BCUT2D eigenvalue weighted by atomic mass is 10.1. The highest BCUT2D eigenvalue weighted by Gasteiger charge is 2.41. The number of carbonyl (C=O) groups excluding carboxylic acids is 1. The highest BCUT2D eigenvalue weighted by atomic mass is 16.2. The molecule has 2 aromatic heterocycles. The topological polar surface area (TPSA) is 49.3 Å². The first-order valence-electron chi connectivity index (χ1n) is 7.41. The van der Waals surface area contributed by atoms with Crippen LogP contribution in [0.15, 0.2) is 42.9 Å². The maximum Gasteiger partial charge on any atom is 0.325 e. The SMILES string of the molecule is CN1C(=O)N(c2ccc(C#Cc3cccnc3)cn2)CC1(C)C. The number of hydrogen-bond acceptors (Lipinski definition) is 3. The van der Waals surface area contributed by atoms with Gasteiger partial charge in [-0.3, -0.25) is 9.88 Å². The summed E-state index contributed by atoms with van der Waals surface area (Å²) in [5, 5.41) is 0. The lowest BCUT2D eigenvalue weighted by Gasteiger charge is -2.24. The molecule has 23 heavy (non-hydrogen) atoms. The van der Waals surface area contributed by atoms with Crippen molar-refractivity contribution in [2.75, 3.05) is 18.5 Å². The summed E-state index contributed by atoms with van der Waals surface area (Å²) in [5.74, 6) is 6.74. The van der Waals surface area contributed by atoms with Gasteiger partial charge in [0.15, 0.2) is 0 Å². The smallest absolute Gasteiger partial charge is 0.320 e. The van der Waals surface area contributed by atoms with Crippen LogP contribution < -0.4 is 4.90 Å². The van der Waals surface area contributed by atoms with Crippen LogP contribution in [0.25, 0.3) is 0 Å². The molecule has 2 amide bonds. The van der Waals surface area contributed by atoms with Gasteiger partial charge in [-0.2, -0.15) is 0 Å². The first-order chi connectivity index (χ1) is 11.0. The van der Waals surface area contributed by atoms with Gasteiger partial charge in [0, 0.05) is 36.8 Å². The van der Waals surface area contributed by atoms with Crippen LogP contribution in [0.4, 0.5) is 10.6 Å². The van der Waals surface area contributed by atoms with Gasteiger partial charge in [0.1, 0.15) is 5.82 Å². The van der Waals surface area contributed by atoms with Crippen LogP contribution >= 0.6 is 0 Å². The molecule has 2 aromatic rings. The Hall–Kier alpha value is -2.87. The molecule has 0 atom stereocenters. The summed E-state index contributed by atoms with van der Waals surface area (Å²) in [6.45, 7) is 4.70. The van der Waals surface area contributed by atoms with E-state index >= 15 is 0 Å². The Balaban J connectivity index is 1.79. The van der Waals surface area contributed by atoms with Crippen LogP contribution in [0.5, 0.6) is 0 Å². The van der Waals surface area contributed by atoms with E-state index in [-0.39, 0.29) is 11.6 Å². The van der Waals surface area contributed by atoms with Crippen LogP contribution in [-0.2, 0) is 0 Å². The molecule has 0 spiro atoms. The summed E-state index contributed by atoms with van der Waals surface area (Å²) in [7, 11) is 1.82. The molecule has 0 unspecified atom stereocenters. The second-order valence-electron chi connectivity index (χ2n) is 6.14. The molecule has 0 aliphatic carbocycles. The zero-order valence-electron chi connectivity index (χ0n) is 13.4. The Bertz CT molecular complexity index is 772. The van der Waals surface area contributed by atoms with Crippen molar-refractivity contribution in [2.45, 2.75) is 19.4 Å².